The number of hydrogen-bond acceptors (Lipinski definition) is 5. The van der Waals surface area contributed by atoms with E-state index in [1.54, 1.807) is 34.4 Å². The van der Waals surface area contributed by atoms with Crippen LogP contribution in [0.4, 0.5) is 4.39 Å². The second-order valence-corrected chi connectivity index (χ2v) is 10.5. The number of amides is 2. The molecule has 1 unspecified atom stereocenters. The van der Waals surface area contributed by atoms with Crippen molar-refractivity contribution in [2.45, 2.75) is 25.9 Å². The summed E-state index contributed by atoms with van der Waals surface area (Å²) in [6.45, 7) is 2.56. The molecule has 2 amide bonds. The first-order chi connectivity index (χ1) is 18.4. The minimum Gasteiger partial charge on any atom is -0.491 e. The lowest BCUT2D eigenvalue weighted by Crippen LogP contribution is -2.47. The highest BCUT2D eigenvalue weighted by atomic mass is 35.5. The number of ether oxygens (including phenoxy) is 1. The van der Waals surface area contributed by atoms with Gasteiger partial charge in [0.1, 0.15) is 30.5 Å². The van der Waals surface area contributed by atoms with E-state index in [1.165, 1.54) is 40.3 Å². The van der Waals surface area contributed by atoms with Gasteiger partial charge in [-0.1, -0.05) is 17.7 Å². The molecule has 0 bridgehead atoms. The van der Waals surface area contributed by atoms with Crippen LogP contribution in [-0.2, 0) is 17.8 Å². The van der Waals surface area contributed by atoms with E-state index in [9.17, 15) is 14.0 Å². The number of benzene rings is 2. The summed E-state index contributed by atoms with van der Waals surface area (Å²) >= 11 is 7.82. The van der Waals surface area contributed by atoms with Crippen LogP contribution in [0.3, 0.4) is 0 Å². The van der Waals surface area contributed by atoms with Gasteiger partial charge in [-0.05, 0) is 84.4 Å². The van der Waals surface area contributed by atoms with Crippen LogP contribution in [0.5, 0.6) is 5.75 Å². The second-order valence-electron chi connectivity index (χ2n) is 9.12. The average Bonchev–Trinajstić information content (AvgIpc) is 3.60. The van der Waals surface area contributed by atoms with Gasteiger partial charge in [-0.2, -0.15) is 0 Å². The van der Waals surface area contributed by atoms with E-state index in [-0.39, 0.29) is 37.2 Å². The van der Waals surface area contributed by atoms with Crippen molar-refractivity contribution in [1.82, 2.24) is 9.80 Å². The lowest BCUT2D eigenvalue weighted by atomic mass is 10.00. The van der Waals surface area contributed by atoms with Crippen LogP contribution < -0.4 is 4.74 Å². The summed E-state index contributed by atoms with van der Waals surface area (Å²) in [6.07, 6.45) is 2.24. The predicted octanol–water partition coefficient (Wildman–Crippen LogP) is 6.29. The zero-order chi connectivity index (χ0) is 26.6. The molecular formula is C29H26ClFN2O4S. The molecule has 0 saturated heterocycles. The molecule has 0 fully saturated rings. The van der Waals surface area contributed by atoms with Gasteiger partial charge < -0.3 is 19.0 Å². The first-order valence-corrected chi connectivity index (χ1v) is 13.5. The van der Waals surface area contributed by atoms with Crippen LogP contribution in [0.25, 0.3) is 0 Å². The van der Waals surface area contributed by atoms with Crippen LogP contribution in [0, 0.1) is 12.7 Å². The Hall–Kier alpha value is -3.62. The summed E-state index contributed by atoms with van der Waals surface area (Å²) in [4.78, 5) is 31.5. The molecule has 9 heteroatoms. The van der Waals surface area contributed by atoms with Crippen LogP contribution in [0.15, 0.2) is 76.7 Å². The third kappa shape index (κ3) is 5.76. The van der Waals surface area contributed by atoms with Crippen molar-refractivity contribution in [1.29, 1.82) is 0 Å². The van der Waals surface area contributed by atoms with Crippen molar-refractivity contribution >= 4 is 34.8 Å². The van der Waals surface area contributed by atoms with Crippen molar-refractivity contribution in [2.75, 3.05) is 19.7 Å². The molecule has 5 rings (SSSR count). The van der Waals surface area contributed by atoms with Crippen LogP contribution in [0.1, 0.15) is 38.2 Å². The summed E-state index contributed by atoms with van der Waals surface area (Å²) < 4.78 is 25.4. The number of hydrogen-bond donors (Lipinski definition) is 0. The predicted molar refractivity (Wildman–Crippen MR) is 144 cm³/mol. The van der Waals surface area contributed by atoms with Crippen molar-refractivity contribution in [3.8, 4) is 5.75 Å². The number of aryl methyl sites for hydroxylation is 1. The molecule has 6 nitrogen and oxygen atoms in total. The quantitative estimate of drug-likeness (QED) is 0.258. The number of fused-ring (bicyclic) bond motifs is 1. The first kappa shape index (κ1) is 26.0. The van der Waals surface area contributed by atoms with Crippen molar-refractivity contribution in [3.05, 3.63) is 110 Å². The van der Waals surface area contributed by atoms with E-state index in [4.69, 9.17) is 20.8 Å². The van der Waals surface area contributed by atoms with Crippen LogP contribution in [0.2, 0.25) is 5.02 Å². The largest absolute Gasteiger partial charge is 0.491 e. The highest BCUT2D eigenvalue weighted by Gasteiger charge is 2.34. The van der Waals surface area contributed by atoms with Gasteiger partial charge in [-0.25, -0.2) is 4.39 Å². The van der Waals surface area contributed by atoms with Gasteiger partial charge in [0.2, 0.25) is 5.91 Å². The van der Waals surface area contributed by atoms with Gasteiger partial charge in [0.25, 0.3) is 5.91 Å². The summed E-state index contributed by atoms with van der Waals surface area (Å²) in [5.74, 6) is 0.00319. The number of furan rings is 1. The molecule has 1 aliphatic rings. The summed E-state index contributed by atoms with van der Waals surface area (Å²) in [7, 11) is 0. The molecule has 0 radical (unpaired) electrons. The maximum atomic E-state index is 13.9. The molecule has 3 heterocycles. The summed E-state index contributed by atoms with van der Waals surface area (Å²) in [5, 5.41) is 2.68. The Kier molecular flexibility index (Phi) is 7.81. The number of carbonyl (C=O) groups is 2. The number of thiophene rings is 1. The molecule has 1 atom stereocenters. The van der Waals surface area contributed by atoms with E-state index >= 15 is 0 Å². The number of carbonyl (C=O) groups excluding carboxylic acids is 2. The normalized spacial score (nSPS) is 14.7. The minimum atomic E-state index is -0.518. The smallest absolute Gasteiger partial charge is 0.254 e. The Balaban J connectivity index is 1.37. The zero-order valence-electron chi connectivity index (χ0n) is 20.7. The fourth-order valence-electron chi connectivity index (χ4n) is 4.61. The standard InChI is InChI=1S/C29H26ClFN2O4S/c1-19-14-22(7-8-25(19)30)37-18-26-24-10-13-38-27(24)9-11-33(26)28(34)17-32(16-23-6-3-12-36-23)29(35)20-4-2-5-21(31)15-20/h2-8,10,12-15,26H,9,11,16-18H2,1H3. The molecule has 0 aliphatic carbocycles. The van der Waals surface area contributed by atoms with Gasteiger partial charge in [0.05, 0.1) is 18.8 Å². The molecule has 0 saturated carbocycles. The highest BCUT2D eigenvalue weighted by molar-refractivity contribution is 7.10. The number of rotatable bonds is 8. The Bertz CT molecular complexity index is 1440. The SMILES string of the molecule is Cc1cc(OCC2c3ccsc3CCN2C(=O)CN(Cc2ccco2)C(=O)c2cccc(F)c2)ccc1Cl. The van der Waals surface area contributed by atoms with Gasteiger partial charge >= 0.3 is 0 Å². The Morgan fingerprint density at radius 3 is 2.82 bits per heavy atom. The topological polar surface area (TPSA) is 63.0 Å². The van der Waals surface area contributed by atoms with Gasteiger partial charge in [0, 0.05) is 22.0 Å². The van der Waals surface area contributed by atoms with Gasteiger partial charge in [-0.3, -0.25) is 9.59 Å². The molecule has 4 aromatic rings. The molecule has 196 valence electrons. The van der Waals surface area contributed by atoms with E-state index in [0.717, 1.165) is 17.5 Å². The van der Waals surface area contributed by atoms with E-state index in [2.05, 4.69) is 0 Å². The van der Waals surface area contributed by atoms with E-state index in [0.29, 0.717) is 23.1 Å². The zero-order valence-corrected chi connectivity index (χ0v) is 22.3. The number of nitrogens with zero attached hydrogens (tertiary/aromatic N) is 2. The first-order valence-electron chi connectivity index (χ1n) is 12.2. The molecule has 1 aliphatic heterocycles. The van der Waals surface area contributed by atoms with E-state index < -0.39 is 11.7 Å². The van der Waals surface area contributed by atoms with Crippen LogP contribution in [-0.4, -0.2) is 41.3 Å². The second kappa shape index (κ2) is 11.4. The maximum Gasteiger partial charge on any atom is 0.254 e. The molecule has 2 aromatic heterocycles. The number of halogens is 2. The monoisotopic (exact) mass is 552 g/mol. The lowest BCUT2D eigenvalue weighted by Gasteiger charge is -2.37. The minimum absolute atomic E-state index is 0.0802. The third-order valence-corrected chi connectivity index (χ3v) is 7.98. The van der Waals surface area contributed by atoms with Crippen molar-refractivity contribution < 1.29 is 23.1 Å². The molecule has 38 heavy (non-hydrogen) atoms. The Morgan fingerprint density at radius 2 is 2.05 bits per heavy atom. The van der Waals surface area contributed by atoms with E-state index in [1.807, 2.05) is 30.5 Å². The highest BCUT2D eigenvalue weighted by Crippen LogP contribution is 2.34. The lowest BCUT2D eigenvalue weighted by molar-refractivity contribution is -0.135. The van der Waals surface area contributed by atoms with Crippen LogP contribution >= 0.6 is 22.9 Å². The fourth-order valence-corrected chi connectivity index (χ4v) is 5.65. The van der Waals surface area contributed by atoms with Gasteiger partial charge in [-0.15, -0.1) is 11.3 Å². The molecular weight excluding hydrogens is 527 g/mol. The molecule has 0 N–H and O–H groups in total. The summed E-state index contributed by atoms with van der Waals surface area (Å²) in [6, 6.07) is 16.1. The third-order valence-electron chi connectivity index (χ3n) is 6.56. The van der Waals surface area contributed by atoms with Gasteiger partial charge in [0.15, 0.2) is 0 Å². The maximum absolute atomic E-state index is 13.9. The average molecular weight is 553 g/mol. The molecule has 0 spiro atoms. The Morgan fingerprint density at radius 1 is 1.18 bits per heavy atom. The summed E-state index contributed by atoms with van der Waals surface area (Å²) in [5.41, 5.74) is 2.12. The fraction of sp³-hybridized carbons (Fsp3) is 0.241. The van der Waals surface area contributed by atoms with Crippen molar-refractivity contribution in [3.63, 3.8) is 0 Å². The van der Waals surface area contributed by atoms with Crippen molar-refractivity contribution in [2.24, 2.45) is 0 Å². The molecule has 2 aromatic carbocycles. The Labute approximate surface area is 229 Å².